The van der Waals surface area contributed by atoms with Crippen molar-refractivity contribution >= 4 is 37.0 Å². The van der Waals surface area contributed by atoms with Crippen LogP contribution in [0.1, 0.15) is 11.3 Å². The van der Waals surface area contributed by atoms with E-state index in [0.29, 0.717) is 15.6 Å². The lowest BCUT2D eigenvalue weighted by atomic mass is 10.2. The van der Waals surface area contributed by atoms with Crippen molar-refractivity contribution in [2.45, 2.75) is 18.7 Å². The van der Waals surface area contributed by atoms with Crippen LogP contribution in [0.4, 0.5) is 0 Å². The molecule has 6 heteroatoms. The number of benzene rings is 2. The van der Waals surface area contributed by atoms with Crippen molar-refractivity contribution in [2.75, 3.05) is 0 Å². The normalized spacial score (nSPS) is 11.6. The van der Waals surface area contributed by atoms with E-state index in [0.717, 1.165) is 11.1 Å². The van der Waals surface area contributed by atoms with Crippen LogP contribution >= 0.6 is 15.9 Å². The monoisotopic (exact) mass is 391 g/mol. The Balaban J connectivity index is 2.11. The number of aryl methyl sites for hydroxylation is 2. The zero-order valence-corrected chi connectivity index (χ0v) is 15.0. The van der Waals surface area contributed by atoms with Gasteiger partial charge in [0.05, 0.1) is 0 Å². The molecule has 0 saturated heterocycles. The first-order valence-corrected chi connectivity index (χ1v) is 9.14. The molecule has 0 amide bonds. The van der Waals surface area contributed by atoms with Crippen LogP contribution in [0.5, 0.6) is 5.75 Å². The molecule has 0 aliphatic carbocycles. The summed E-state index contributed by atoms with van der Waals surface area (Å²) in [6.07, 6.45) is 0. The topological polar surface area (TPSA) is 56.3 Å². The fraction of sp³-hybridized carbons (Fsp3) is 0.118. The Morgan fingerprint density at radius 3 is 2.61 bits per heavy atom. The van der Waals surface area contributed by atoms with E-state index in [4.69, 9.17) is 4.18 Å². The molecule has 0 atom stereocenters. The molecule has 3 aromatic rings. The second-order valence-corrected chi connectivity index (χ2v) is 7.66. The zero-order valence-electron chi connectivity index (χ0n) is 12.6. The van der Waals surface area contributed by atoms with E-state index >= 15 is 0 Å². The fourth-order valence-corrected chi connectivity index (χ4v) is 4.00. The van der Waals surface area contributed by atoms with Crippen LogP contribution in [-0.4, -0.2) is 13.4 Å². The minimum atomic E-state index is -3.94. The minimum Gasteiger partial charge on any atom is -0.377 e. The van der Waals surface area contributed by atoms with Gasteiger partial charge in [0.15, 0.2) is 5.75 Å². The molecule has 23 heavy (non-hydrogen) atoms. The quantitative estimate of drug-likeness (QED) is 0.621. The second kappa shape index (κ2) is 5.94. The van der Waals surface area contributed by atoms with Crippen molar-refractivity contribution in [2.24, 2.45) is 0 Å². The van der Waals surface area contributed by atoms with E-state index < -0.39 is 10.1 Å². The van der Waals surface area contributed by atoms with Crippen LogP contribution in [-0.2, 0) is 10.1 Å². The summed E-state index contributed by atoms with van der Waals surface area (Å²) in [7, 11) is -3.94. The highest BCUT2D eigenvalue weighted by molar-refractivity contribution is 9.10. The maximum absolute atomic E-state index is 12.6. The highest BCUT2D eigenvalue weighted by Gasteiger charge is 2.21. The number of hydrogen-bond donors (Lipinski definition) is 0. The zero-order chi connectivity index (χ0) is 16.6. The third-order valence-electron chi connectivity index (χ3n) is 3.44. The van der Waals surface area contributed by atoms with Crippen LogP contribution in [0.2, 0.25) is 0 Å². The fourth-order valence-electron chi connectivity index (χ4n) is 2.29. The van der Waals surface area contributed by atoms with Gasteiger partial charge in [0.1, 0.15) is 10.4 Å². The molecule has 0 fully saturated rings. The Morgan fingerprint density at radius 1 is 1.04 bits per heavy atom. The summed E-state index contributed by atoms with van der Waals surface area (Å²) in [5.41, 5.74) is 1.95. The average Bonchev–Trinajstić information content (AvgIpc) is 2.50. The average molecular weight is 392 g/mol. The maximum atomic E-state index is 12.6. The van der Waals surface area contributed by atoms with Gasteiger partial charge in [0.2, 0.25) is 0 Å². The van der Waals surface area contributed by atoms with Gasteiger partial charge >= 0.3 is 10.1 Å². The van der Waals surface area contributed by atoms with Gasteiger partial charge in [-0.25, -0.2) is 4.98 Å². The van der Waals surface area contributed by atoms with Crippen molar-refractivity contribution in [1.82, 2.24) is 4.98 Å². The highest BCUT2D eigenvalue weighted by atomic mass is 79.9. The number of fused-ring (bicyclic) bond motifs is 1. The van der Waals surface area contributed by atoms with Crippen LogP contribution in [0, 0.1) is 13.8 Å². The first kappa shape index (κ1) is 16.0. The van der Waals surface area contributed by atoms with E-state index in [2.05, 4.69) is 20.9 Å². The van der Waals surface area contributed by atoms with Gasteiger partial charge < -0.3 is 4.18 Å². The first-order chi connectivity index (χ1) is 10.9. The highest BCUT2D eigenvalue weighted by Crippen LogP contribution is 2.29. The molecular weight excluding hydrogens is 378 g/mol. The third-order valence-corrected chi connectivity index (χ3v) is 5.31. The van der Waals surface area contributed by atoms with E-state index in [1.165, 1.54) is 6.07 Å². The molecule has 0 N–H and O–H groups in total. The Kier molecular flexibility index (Phi) is 4.12. The summed E-state index contributed by atoms with van der Waals surface area (Å²) in [5, 5.41) is 0.828. The lowest BCUT2D eigenvalue weighted by molar-refractivity contribution is 0.487. The van der Waals surface area contributed by atoms with Crippen molar-refractivity contribution in [1.29, 1.82) is 0 Å². The molecule has 0 unspecified atom stereocenters. The van der Waals surface area contributed by atoms with Crippen molar-refractivity contribution < 1.29 is 12.6 Å². The summed E-state index contributed by atoms with van der Waals surface area (Å²) in [4.78, 5) is 4.53. The number of aromatic nitrogens is 1. The molecule has 3 rings (SSSR count). The third kappa shape index (κ3) is 3.23. The molecule has 1 heterocycles. The molecule has 0 saturated carbocycles. The molecular formula is C17H14BrNO3S. The molecule has 0 spiro atoms. The van der Waals surface area contributed by atoms with Crippen molar-refractivity contribution in [3.05, 3.63) is 64.3 Å². The van der Waals surface area contributed by atoms with E-state index in [1.54, 1.807) is 31.2 Å². The largest absolute Gasteiger partial charge is 0.377 e. The lowest BCUT2D eigenvalue weighted by Gasteiger charge is -2.11. The van der Waals surface area contributed by atoms with Gasteiger partial charge in [-0.15, -0.1) is 0 Å². The van der Waals surface area contributed by atoms with Gasteiger partial charge in [-0.3, -0.25) is 0 Å². The predicted molar refractivity (Wildman–Crippen MR) is 93.2 cm³/mol. The number of halogens is 1. The van der Waals surface area contributed by atoms with Crippen LogP contribution in [0.15, 0.2) is 57.9 Å². The second-order valence-electron chi connectivity index (χ2n) is 5.23. The summed E-state index contributed by atoms with van der Waals surface area (Å²) < 4.78 is 31.3. The van der Waals surface area contributed by atoms with Gasteiger partial charge in [-0.05, 0) is 43.7 Å². The number of para-hydroxylation sites is 1. The minimum absolute atomic E-state index is 0.136. The van der Waals surface area contributed by atoms with Crippen LogP contribution in [0.3, 0.4) is 0 Å². The Labute approximate surface area is 143 Å². The van der Waals surface area contributed by atoms with Crippen molar-refractivity contribution in [3.8, 4) is 5.75 Å². The Morgan fingerprint density at radius 2 is 1.83 bits per heavy atom. The van der Waals surface area contributed by atoms with E-state index in [1.807, 2.05) is 25.1 Å². The summed E-state index contributed by atoms with van der Waals surface area (Å²) in [5.74, 6) is 0.227. The van der Waals surface area contributed by atoms with Crippen molar-refractivity contribution in [3.63, 3.8) is 0 Å². The summed E-state index contributed by atoms with van der Waals surface area (Å²) in [6, 6.07) is 14.0. The van der Waals surface area contributed by atoms with Gasteiger partial charge in [-0.1, -0.05) is 40.2 Å². The molecule has 0 aliphatic rings. The SMILES string of the molecule is Cc1ccc2cccc(OS(=O)(=O)c3cc(Br)ccc3C)c2n1. The number of pyridine rings is 1. The smallest absolute Gasteiger partial charge is 0.339 e. The van der Waals surface area contributed by atoms with Gasteiger partial charge in [0, 0.05) is 15.6 Å². The predicted octanol–water partition coefficient (Wildman–Crippen LogP) is 4.38. The van der Waals surface area contributed by atoms with Gasteiger partial charge in [0.25, 0.3) is 0 Å². The molecule has 1 aromatic heterocycles. The number of rotatable bonds is 3. The standard InChI is InChI=1S/C17H14BrNO3S/c1-11-6-9-14(18)10-16(11)23(20,21)22-15-5-3-4-13-8-7-12(2)19-17(13)15/h3-10H,1-2H3. The number of nitrogens with zero attached hydrogens (tertiary/aromatic N) is 1. The van der Waals surface area contributed by atoms with Crippen LogP contribution in [0.25, 0.3) is 10.9 Å². The molecule has 0 bridgehead atoms. The van der Waals surface area contributed by atoms with E-state index in [9.17, 15) is 8.42 Å². The first-order valence-electron chi connectivity index (χ1n) is 6.94. The number of hydrogen-bond acceptors (Lipinski definition) is 4. The molecule has 118 valence electrons. The molecule has 0 radical (unpaired) electrons. The molecule has 2 aromatic carbocycles. The maximum Gasteiger partial charge on any atom is 0.339 e. The van der Waals surface area contributed by atoms with E-state index in [-0.39, 0.29) is 10.6 Å². The Bertz CT molecular complexity index is 1000. The Hall–Kier alpha value is -1.92. The summed E-state index contributed by atoms with van der Waals surface area (Å²) >= 11 is 3.29. The molecule has 4 nitrogen and oxygen atoms in total. The van der Waals surface area contributed by atoms with Crippen LogP contribution < -0.4 is 4.18 Å². The summed E-state index contributed by atoms with van der Waals surface area (Å²) in [6.45, 7) is 3.58. The van der Waals surface area contributed by atoms with Gasteiger partial charge in [-0.2, -0.15) is 8.42 Å². The molecule has 0 aliphatic heterocycles. The lowest BCUT2D eigenvalue weighted by Crippen LogP contribution is -2.11.